The SMILES string of the molecule is Oc1c(Sc2ccccc2)[nH]c2ccccc12. The van der Waals surface area contributed by atoms with Gasteiger partial charge >= 0.3 is 0 Å². The molecular formula is C14H11NOS. The molecule has 2 aromatic carbocycles. The molecule has 0 amide bonds. The molecule has 84 valence electrons. The number of aromatic hydroxyl groups is 1. The molecule has 0 spiro atoms. The molecule has 0 fully saturated rings. The van der Waals surface area contributed by atoms with Crippen molar-refractivity contribution in [1.29, 1.82) is 0 Å². The van der Waals surface area contributed by atoms with E-state index in [-0.39, 0.29) is 0 Å². The summed E-state index contributed by atoms with van der Waals surface area (Å²) in [4.78, 5) is 4.33. The van der Waals surface area contributed by atoms with E-state index >= 15 is 0 Å². The van der Waals surface area contributed by atoms with Gasteiger partial charge in [0.25, 0.3) is 0 Å². The Morgan fingerprint density at radius 3 is 2.35 bits per heavy atom. The molecule has 0 saturated heterocycles. The average Bonchev–Trinajstić information content (AvgIpc) is 2.68. The maximum atomic E-state index is 10.1. The van der Waals surface area contributed by atoms with Gasteiger partial charge in [0.1, 0.15) is 5.03 Å². The highest BCUT2D eigenvalue weighted by atomic mass is 32.2. The minimum Gasteiger partial charge on any atom is -0.505 e. The lowest BCUT2D eigenvalue weighted by Gasteiger charge is -1.98. The Morgan fingerprint density at radius 2 is 1.59 bits per heavy atom. The fourth-order valence-electron chi connectivity index (χ4n) is 1.78. The number of fused-ring (bicyclic) bond motifs is 1. The number of benzene rings is 2. The Labute approximate surface area is 103 Å². The Kier molecular flexibility index (Phi) is 2.53. The van der Waals surface area contributed by atoms with Gasteiger partial charge in [-0.2, -0.15) is 0 Å². The lowest BCUT2D eigenvalue weighted by atomic mass is 10.2. The van der Waals surface area contributed by atoms with Crippen LogP contribution in [0, 0.1) is 0 Å². The molecule has 0 aliphatic rings. The molecule has 2 nitrogen and oxygen atoms in total. The summed E-state index contributed by atoms with van der Waals surface area (Å²) in [6.07, 6.45) is 0. The standard InChI is InChI=1S/C14H11NOS/c16-13-11-8-4-5-9-12(11)15-14(13)17-10-6-2-1-3-7-10/h1-9,15-16H. The van der Waals surface area contributed by atoms with E-state index in [1.165, 1.54) is 11.8 Å². The van der Waals surface area contributed by atoms with E-state index in [1.807, 2.05) is 54.6 Å². The van der Waals surface area contributed by atoms with Crippen LogP contribution in [0.3, 0.4) is 0 Å². The molecule has 0 unspecified atom stereocenters. The molecule has 1 heterocycles. The fourth-order valence-corrected chi connectivity index (χ4v) is 2.68. The van der Waals surface area contributed by atoms with Crippen LogP contribution in [-0.2, 0) is 0 Å². The van der Waals surface area contributed by atoms with Crippen molar-refractivity contribution in [2.24, 2.45) is 0 Å². The van der Waals surface area contributed by atoms with E-state index in [0.717, 1.165) is 20.8 Å². The molecule has 0 saturated carbocycles. The molecule has 3 aromatic rings. The summed E-state index contributed by atoms with van der Waals surface area (Å²) in [5, 5.41) is 11.8. The summed E-state index contributed by atoms with van der Waals surface area (Å²) < 4.78 is 0. The first-order valence-corrected chi connectivity index (χ1v) is 6.19. The summed E-state index contributed by atoms with van der Waals surface area (Å²) in [7, 11) is 0. The lowest BCUT2D eigenvalue weighted by Crippen LogP contribution is -1.72. The van der Waals surface area contributed by atoms with Crippen molar-refractivity contribution in [3.8, 4) is 5.75 Å². The van der Waals surface area contributed by atoms with E-state index < -0.39 is 0 Å². The predicted molar refractivity (Wildman–Crippen MR) is 70.5 cm³/mol. The highest BCUT2D eigenvalue weighted by Gasteiger charge is 2.10. The molecule has 0 atom stereocenters. The maximum Gasteiger partial charge on any atom is 0.155 e. The van der Waals surface area contributed by atoms with Crippen molar-refractivity contribution in [1.82, 2.24) is 4.98 Å². The van der Waals surface area contributed by atoms with Crippen LogP contribution in [-0.4, -0.2) is 10.1 Å². The Hall–Kier alpha value is -1.87. The van der Waals surface area contributed by atoms with Crippen molar-refractivity contribution < 1.29 is 5.11 Å². The van der Waals surface area contributed by atoms with Gasteiger partial charge in [-0.15, -0.1) is 0 Å². The molecule has 0 aliphatic carbocycles. The summed E-state index contributed by atoms with van der Waals surface area (Å²) >= 11 is 1.53. The van der Waals surface area contributed by atoms with Crippen LogP contribution in [0.5, 0.6) is 5.75 Å². The van der Waals surface area contributed by atoms with Gasteiger partial charge < -0.3 is 10.1 Å². The molecule has 0 aliphatic heterocycles. The van der Waals surface area contributed by atoms with Crippen LogP contribution in [0.25, 0.3) is 10.9 Å². The predicted octanol–water partition coefficient (Wildman–Crippen LogP) is 4.02. The number of para-hydroxylation sites is 1. The molecule has 3 rings (SSSR count). The van der Waals surface area contributed by atoms with Gasteiger partial charge in [0.2, 0.25) is 0 Å². The van der Waals surface area contributed by atoms with Crippen molar-refractivity contribution in [2.45, 2.75) is 9.92 Å². The molecule has 0 bridgehead atoms. The molecule has 1 aromatic heterocycles. The van der Waals surface area contributed by atoms with E-state index in [1.54, 1.807) is 0 Å². The van der Waals surface area contributed by atoms with Crippen LogP contribution in [0.1, 0.15) is 0 Å². The second-order valence-corrected chi connectivity index (χ2v) is 4.85. The Morgan fingerprint density at radius 1 is 0.882 bits per heavy atom. The second-order valence-electron chi connectivity index (χ2n) is 3.76. The zero-order valence-electron chi connectivity index (χ0n) is 9.05. The zero-order valence-corrected chi connectivity index (χ0v) is 9.87. The number of rotatable bonds is 2. The minimum absolute atomic E-state index is 0.328. The number of aromatic amines is 1. The fraction of sp³-hybridized carbons (Fsp3) is 0. The number of H-pyrrole nitrogens is 1. The Bertz CT molecular complexity index is 646. The van der Waals surface area contributed by atoms with Crippen LogP contribution in [0.15, 0.2) is 64.5 Å². The van der Waals surface area contributed by atoms with Gasteiger partial charge in [0.15, 0.2) is 5.75 Å². The van der Waals surface area contributed by atoms with Gasteiger partial charge in [-0.05, 0) is 24.3 Å². The number of hydrogen-bond donors (Lipinski definition) is 2. The summed E-state index contributed by atoms with van der Waals surface area (Å²) in [5.74, 6) is 0.328. The average molecular weight is 241 g/mol. The first-order valence-electron chi connectivity index (χ1n) is 5.37. The van der Waals surface area contributed by atoms with Gasteiger partial charge in [-0.3, -0.25) is 0 Å². The number of aromatic nitrogens is 1. The van der Waals surface area contributed by atoms with Gasteiger partial charge in [0, 0.05) is 10.3 Å². The largest absolute Gasteiger partial charge is 0.505 e. The number of nitrogens with one attached hydrogen (secondary N) is 1. The smallest absolute Gasteiger partial charge is 0.155 e. The first kappa shape index (κ1) is 10.3. The lowest BCUT2D eigenvalue weighted by molar-refractivity contribution is 0.467. The molecule has 2 N–H and O–H groups in total. The van der Waals surface area contributed by atoms with E-state index in [4.69, 9.17) is 0 Å². The van der Waals surface area contributed by atoms with Crippen LogP contribution in [0.4, 0.5) is 0 Å². The molecule has 0 radical (unpaired) electrons. The van der Waals surface area contributed by atoms with Crippen molar-refractivity contribution in [3.63, 3.8) is 0 Å². The van der Waals surface area contributed by atoms with Gasteiger partial charge in [-0.1, -0.05) is 42.1 Å². The highest BCUT2D eigenvalue weighted by molar-refractivity contribution is 7.99. The topological polar surface area (TPSA) is 36.0 Å². The maximum absolute atomic E-state index is 10.1. The van der Waals surface area contributed by atoms with E-state index in [9.17, 15) is 5.11 Å². The van der Waals surface area contributed by atoms with Crippen molar-refractivity contribution in [3.05, 3.63) is 54.6 Å². The zero-order chi connectivity index (χ0) is 11.7. The monoisotopic (exact) mass is 241 g/mol. The third kappa shape index (κ3) is 1.89. The van der Waals surface area contributed by atoms with Crippen LogP contribution < -0.4 is 0 Å². The minimum atomic E-state index is 0.328. The van der Waals surface area contributed by atoms with Crippen molar-refractivity contribution >= 4 is 22.7 Å². The highest BCUT2D eigenvalue weighted by Crippen LogP contribution is 2.38. The summed E-state index contributed by atoms with van der Waals surface area (Å²) in [6.45, 7) is 0. The molecule has 17 heavy (non-hydrogen) atoms. The van der Waals surface area contributed by atoms with Gasteiger partial charge in [0.05, 0.1) is 5.52 Å². The normalized spacial score (nSPS) is 10.8. The summed E-state index contributed by atoms with van der Waals surface area (Å²) in [5.41, 5.74) is 0.962. The van der Waals surface area contributed by atoms with Crippen molar-refractivity contribution in [2.75, 3.05) is 0 Å². The van der Waals surface area contributed by atoms with Crippen LogP contribution in [0.2, 0.25) is 0 Å². The number of hydrogen-bond acceptors (Lipinski definition) is 2. The first-order chi connectivity index (χ1) is 8.34. The Balaban J connectivity index is 2.04. The summed E-state index contributed by atoms with van der Waals surface area (Å²) in [6, 6.07) is 17.8. The quantitative estimate of drug-likeness (QED) is 0.710. The second kappa shape index (κ2) is 4.18. The molecular weight excluding hydrogens is 230 g/mol. The van der Waals surface area contributed by atoms with E-state index in [2.05, 4.69) is 4.98 Å². The third-order valence-corrected chi connectivity index (χ3v) is 3.62. The van der Waals surface area contributed by atoms with Gasteiger partial charge in [-0.25, -0.2) is 0 Å². The molecule has 3 heteroatoms. The van der Waals surface area contributed by atoms with Crippen LogP contribution >= 0.6 is 11.8 Å². The third-order valence-electron chi connectivity index (χ3n) is 2.61. The van der Waals surface area contributed by atoms with E-state index in [0.29, 0.717) is 5.75 Å².